The van der Waals surface area contributed by atoms with Gasteiger partial charge in [-0.25, -0.2) is 0 Å². The summed E-state index contributed by atoms with van der Waals surface area (Å²) in [5.41, 5.74) is 2.88. The van der Waals surface area contributed by atoms with E-state index in [0.29, 0.717) is 24.0 Å². The highest BCUT2D eigenvalue weighted by molar-refractivity contribution is 6.31. The van der Waals surface area contributed by atoms with Crippen molar-refractivity contribution >= 4 is 23.4 Å². The van der Waals surface area contributed by atoms with E-state index in [4.69, 9.17) is 11.6 Å². The maximum absolute atomic E-state index is 13.2. The summed E-state index contributed by atoms with van der Waals surface area (Å²) in [5, 5.41) is 3.49. The molecule has 1 N–H and O–H groups in total. The lowest BCUT2D eigenvalue weighted by molar-refractivity contribution is -0.140. The standard InChI is InChI=1S/C23H29ClN2O2/c1-16(2)14-25-23(28)18(4)26(15-20-11-6-5-9-17(20)3)22(27)13-19-10-7-8-12-21(19)24/h5-12,16,18H,13-15H2,1-4H3,(H,25,28). The smallest absolute Gasteiger partial charge is 0.242 e. The first-order chi connectivity index (χ1) is 13.3. The number of hydrogen-bond acceptors (Lipinski definition) is 2. The van der Waals surface area contributed by atoms with E-state index in [0.717, 1.165) is 16.7 Å². The van der Waals surface area contributed by atoms with Gasteiger partial charge in [-0.3, -0.25) is 9.59 Å². The van der Waals surface area contributed by atoms with Crippen LogP contribution in [-0.4, -0.2) is 29.3 Å². The molecule has 0 saturated carbocycles. The van der Waals surface area contributed by atoms with Crippen LogP contribution in [0.15, 0.2) is 48.5 Å². The Morgan fingerprint density at radius 1 is 1.00 bits per heavy atom. The molecule has 0 bridgehead atoms. The van der Waals surface area contributed by atoms with Gasteiger partial charge in [0, 0.05) is 18.1 Å². The van der Waals surface area contributed by atoms with Crippen LogP contribution in [0.3, 0.4) is 0 Å². The van der Waals surface area contributed by atoms with E-state index in [9.17, 15) is 9.59 Å². The Bertz CT molecular complexity index is 820. The quantitative estimate of drug-likeness (QED) is 0.714. The van der Waals surface area contributed by atoms with Crippen LogP contribution in [0.5, 0.6) is 0 Å². The number of carbonyl (C=O) groups is 2. The van der Waals surface area contributed by atoms with Crippen LogP contribution in [0.1, 0.15) is 37.5 Å². The lowest BCUT2D eigenvalue weighted by Crippen LogP contribution is -2.48. The molecule has 0 saturated heterocycles. The van der Waals surface area contributed by atoms with Crippen molar-refractivity contribution < 1.29 is 9.59 Å². The Morgan fingerprint density at radius 3 is 2.21 bits per heavy atom. The fourth-order valence-electron chi connectivity index (χ4n) is 2.91. The summed E-state index contributed by atoms with van der Waals surface area (Å²) >= 11 is 6.24. The molecule has 2 aromatic rings. The molecule has 0 aliphatic rings. The van der Waals surface area contributed by atoms with Gasteiger partial charge >= 0.3 is 0 Å². The summed E-state index contributed by atoms with van der Waals surface area (Å²) in [6.45, 7) is 8.83. The van der Waals surface area contributed by atoms with Crippen LogP contribution in [0.2, 0.25) is 5.02 Å². The van der Waals surface area contributed by atoms with Crippen LogP contribution in [0, 0.1) is 12.8 Å². The molecule has 2 amide bonds. The zero-order chi connectivity index (χ0) is 20.7. The molecule has 0 spiro atoms. The number of hydrogen-bond donors (Lipinski definition) is 1. The number of aryl methyl sites for hydroxylation is 1. The van der Waals surface area contributed by atoms with E-state index in [1.54, 1.807) is 17.9 Å². The highest BCUT2D eigenvalue weighted by atomic mass is 35.5. The third kappa shape index (κ3) is 6.10. The van der Waals surface area contributed by atoms with Crippen molar-refractivity contribution in [2.75, 3.05) is 6.54 Å². The molecule has 1 atom stereocenters. The predicted molar refractivity (Wildman–Crippen MR) is 114 cm³/mol. The first-order valence-electron chi connectivity index (χ1n) is 9.64. The van der Waals surface area contributed by atoms with E-state index in [2.05, 4.69) is 5.32 Å². The van der Waals surface area contributed by atoms with E-state index in [-0.39, 0.29) is 18.2 Å². The minimum atomic E-state index is -0.576. The number of benzene rings is 2. The van der Waals surface area contributed by atoms with Crippen molar-refractivity contribution in [3.63, 3.8) is 0 Å². The predicted octanol–water partition coefficient (Wildman–Crippen LogP) is 4.38. The van der Waals surface area contributed by atoms with Gasteiger partial charge < -0.3 is 10.2 Å². The average molecular weight is 401 g/mol. The normalized spacial score (nSPS) is 11.9. The third-order valence-corrected chi connectivity index (χ3v) is 5.12. The third-order valence-electron chi connectivity index (χ3n) is 4.75. The number of halogens is 1. The molecular weight excluding hydrogens is 372 g/mol. The first-order valence-corrected chi connectivity index (χ1v) is 10.0. The largest absolute Gasteiger partial charge is 0.354 e. The summed E-state index contributed by atoms with van der Waals surface area (Å²) in [6.07, 6.45) is 0.160. The molecule has 5 heteroatoms. The molecule has 4 nitrogen and oxygen atoms in total. The van der Waals surface area contributed by atoms with Gasteiger partial charge in [-0.2, -0.15) is 0 Å². The summed E-state index contributed by atoms with van der Waals surface area (Å²) in [7, 11) is 0. The number of nitrogens with zero attached hydrogens (tertiary/aromatic N) is 1. The molecule has 150 valence electrons. The molecule has 0 aliphatic heterocycles. The van der Waals surface area contributed by atoms with Crippen molar-refractivity contribution in [2.45, 2.75) is 46.7 Å². The Balaban J connectivity index is 2.24. The summed E-state index contributed by atoms with van der Waals surface area (Å²) in [4.78, 5) is 27.4. The minimum Gasteiger partial charge on any atom is -0.354 e. The number of carbonyl (C=O) groups excluding carboxylic acids is 2. The van der Waals surface area contributed by atoms with Crippen LogP contribution in [0.25, 0.3) is 0 Å². The van der Waals surface area contributed by atoms with Gasteiger partial charge in [0.05, 0.1) is 6.42 Å². The van der Waals surface area contributed by atoms with Gasteiger partial charge in [0.25, 0.3) is 0 Å². The molecule has 0 fully saturated rings. The Kier molecular flexibility index (Phi) is 8.06. The van der Waals surface area contributed by atoms with Gasteiger partial charge in [-0.05, 0) is 42.5 Å². The van der Waals surface area contributed by atoms with E-state index in [1.807, 2.05) is 63.2 Å². The summed E-state index contributed by atoms with van der Waals surface area (Å²) < 4.78 is 0. The van der Waals surface area contributed by atoms with Gasteiger partial charge in [0.2, 0.25) is 11.8 Å². The van der Waals surface area contributed by atoms with E-state index in [1.165, 1.54) is 0 Å². The summed E-state index contributed by atoms with van der Waals surface area (Å²) in [6, 6.07) is 14.6. The SMILES string of the molecule is Cc1ccccc1CN(C(=O)Cc1ccccc1Cl)C(C)C(=O)NCC(C)C. The minimum absolute atomic E-state index is 0.122. The molecule has 0 heterocycles. The highest BCUT2D eigenvalue weighted by Gasteiger charge is 2.27. The lowest BCUT2D eigenvalue weighted by Gasteiger charge is -2.29. The average Bonchev–Trinajstić information content (AvgIpc) is 2.66. The van der Waals surface area contributed by atoms with Crippen LogP contribution < -0.4 is 5.32 Å². The van der Waals surface area contributed by atoms with Gasteiger partial charge in [0.1, 0.15) is 6.04 Å². The Labute approximate surface area is 172 Å². The van der Waals surface area contributed by atoms with Gasteiger partial charge in [-0.1, -0.05) is 67.9 Å². The highest BCUT2D eigenvalue weighted by Crippen LogP contribution is 2.19. The van der Waals surface area contributed by atoms with Crippen molar-refractivity contribution in [3.05, 3.63) is 70.2 Å². The van der Waals surface area contributed by atoms with Gasteiger partial charge in [0.15, 0.2) is 0 Å². The second kappa shape index (κ2) is 10.3. The van der Waals surface area contributed by atoms with Crippen molar-refractivity contribution in [3.8, 4) is 0 Å². The van der Waals surface area contributed by atoms with Crippen LogP contribution >= 0.6 is 11.6 Å². The second-order valence-electron chi connectivity index (χ2n) is 7.53. The molecule has 28 heavy (non-hydrogen) atoms. The molecule has 0 aromatic heterocycles. The lowest BCUT2D eigenvalue weighted by atomic mass is 10.1. The zero-order valence-corrected chi connectivity index (χ0v) is 17.8. The molecule has 2 rings (SSSR count). The van der Waals surface area contributed by atoms with Crippen molar-refractivity contribution in [1.82, 2.24) is 10.2 Å². The topological polar surface area (TPSA) is 49.4 Å². The summed E-state index contributed by atoms with van der Waals surface area (Å²) in [5.74, 6) is 0.0816. The molecule has 2 aromatic carbocycles. The fraction of sp³-hybridized carbons (Fsp3) is 0.391. The van der Waals surface area contributed by atoms with Crippen LogP contribution in [0.4, 0.5) is 0 Å². The number of nitrogens with one attached hydrogen (secondary N) is 1. The van der Waals surface area contributed by atoms with Crippen molar-refractivity contribution in [2.24, 2.45) is 5.92 Å². The monoisotopic (exact) mass is 400 g/mol. The zero-order valence-electron chi connectivity index (χ0n) is 17.0. The Morgan fingerprint density at radius 2 is 1.61 bits per heavy atom. The number of rotatable bonds is 8. The van der Waals surface area contributed by atoms with Crippen LogP contribution in [-0.2, 0) is 22.6 Å². The molecule has 0 radical (unpaired) electrons. The fourth-order valence-corrected chi connectivity index (χ4v) is 3.11. The molecule has 0 aliphatic carbocycles. The maximum Gasteiger partial charge on any atom is 0.242 e. The molecular formula is C23H29ClN2O2. The molecule has 1 unspecified atom stereocenters. The number of amides is 2. The van der Waals surface area contributed by atoms with E-state index < -0.39 is 6.04 Å². The first kappa shape index (κ1) is 22.0. The van der Waals surface area contributed by atoms with Crippen molar-refractivity contribution in [1.29, 1.82) is 0 Å². The second-order valence-corrected chi connectivity index (χ2v) is 7.94. The van der Waals surface area contributed by atoms with Gasteiger partial charge in [-0.15, -0.1) is 0 Å². The Hall–Kier alpha value is -2.33. The van der Waals surface area contributed by atoms with E-state index >= 15 is 0 Å². The maximum atomic E-state index is 13.2.